The standard InChI is InChI=1S/C7H7F2NO5S2/c1-16(11,12)15-7-5(17(10,13)14)3-2-4(8)6(7)9/h2-3H,1H3,(H2,10,13,14). The Kier molecular flexibility index (Phi) is 3.41. The van der Waals surface area contributed by atoms with Crippen LogP contribution in [0.4, 0.5) is 8.78 Å². The smallest absolute Gasteiger partial charge is 0.306 e. The number of sulfonamides is 1. The number of hydrogen-bond acceptors (Lipinski definition) is 5. The molecule has 0 atom stereocenters. The zero-order valence-electron chi connectivity index (χ0n) is 8.35. The van der Waals surface area contributed by atoms with Crippen molar-refractivity contribution in [2.75, 3.05) is 6.26 Å². The molecule has 0 radical (unpaired) electrons. The Morgan fingerprint density at radius 1 is 1.18 bits per heavy atom. The van der Waals surface area contributed by atoms with Crippen LogP contribution < -0.4 is 9.32 Å². The van der Waals surface area contributed by atoms with Gasteiger partial charge >= 0.3 is 10.1 Å². The molecule has 10 heteroatoms. The van der Waals surface area contributed by atoms with E-state index in [9.17, 15) is 25.6 Å². The van der Waals surface area contributed by atoms with Crippen LogP contribution in [-0.4, -0.2) is 23.1 Å². The number of primary sulfonamides is 1. The van der Waals surface area contributed by atoms with Crippen LogP contribution in [0.1, 0.15) is 0 Å². The summed E-state index contributed by atoms with van der Waals surface area (Å²) in [5, 5.41) is 4.70. The van der Waals surface area contributed by atoms with E-state index in [2.05, 4.69) is 4.18 Å². The third kappa shape index (κ3) is 3.35. The molecule has 0 amide bonds. The van der Waals surface area contributed by atoms with Crippen molar-refractivity contribution >= 4 is 20.1 Å². The summed E-state index contributed by atoms with van der Waals surface area (Å²) in [5.41, 5.74) is 0. The molecule has 0 aliphatic carbocycles. The van der Waals surface area contributed by atoms with Gasteiger partial charge in [0.25, 0.3) is 0 Å². The molecule has 0 heterocycles. The molecule has 1 aromatic carbocycles. The third-order valence-electron chi connectivity index (χ3n) is 1.56. The second-order valence-electron chi connectivity index (χ2n) is 3.02. The van der Waals surface area contributed by atoms with Gasteiger partial charge in [0.1, 0.15) is 4.90 Å². The van der Waals surface area contributed by atoms with Crippen LogP contribution >= 0.6 is 0 Å². The average Bonchev–Trinajstić information content (AvgIpc) is 2.08. The molecule has 0 spiro atoms. The molecule has 0 aromatic heterocycles. The highest BCUT2D eigenvalue weighted by Gasteiger charge is 2.25. The van der Waals surface area contributed by atoms with Gasteiger partial charge in [-0.1, -0.05) is 0 Å². The van der Waals surface area contributed by atoms with Crippen molar-refractivity contribution < 1.29 is 29.8 Å². The quantitative estimate of drug-likeness (QED) is 0.785. The molecular formula is C7H7F2NO5S2. The van der Waals surface area contributed by atoms with Gasteiger partial charge in [-0.25, -0.2) is 17.9 Å². The van der Waals surface area contributed by atoms with Gasteiger partial charge in [0.2, 0.25) is 21.6 Å². The summed E-state index contributed by atoms with van der Waals surface area (Å²) in [7, 11) is -8.67. The van der Waals surface area contributed by atoms with Gasteiger partial charge in [0, 0.05) is 0 Å². The number of rotatable bonds is 3. The molecule has 2 N–H and O–H groups in total. The molecule has 17 heavy (non-hydrogen) atoms. The Bertz CT molecular complexity index is 653. The van der Waals surface area contributed by atoms with E-state index in [1.165, 1.54) is 0 Å². The van der Waals surface area contributed by atoms with Gasteiger partial charge < -0.3 is 4.18 Å². The average molecular weight is 287 g/mol. The van der Waals surface area contributed by atoms with Crippen LogP contribution in [0.15, 0.2) is 17.0 Å². The third-order valence-corrected chi connectivity index (χ3v) is 2.96. The maximum atomic E-state index is 13.2. The first-order valence-corrected chi connectivity index (χ1v) is 7.29. The second-order valence-corrected chi connectivity index (χ2v) is 6.13. The maximum Gasteiger partial charge on any atom is 0.306 e. The lowest BCUT2D eigenvalue weighted by molar-refractivity contribution is 0.431. The van der Waals surface area contributed by atoms with E-state index in [0.29, 0.717) is 18.4 Å². The van der Waals surface area contributed by atoms with Crippen LogP contribution in [0.5, 0.6) is 5.75 Å². The molecule has 1 rings (SSSR count). The molecule has 0 bridgehead atoms. The van der Waals surface area contributed by atoms with E-state index in [4.69, 9.17) is 5.14 Å². The predicted molar refractivity (Wildman–Crippen MR) is 53.2 cm³/mol. The van der Waals surface area contributed by atoms with Crippen molar-refractivity contribution in [2.45, 2.75) is 4.90 Å². The number of halogens is 2. The largest absolute Gasteiger partial charge is 0.378 e. The van der Waals surface area contributed by atoms with Gasteiger partial charge in [-0.3, -0.25) is 0 Å². The molecule has 0 unspecified atom stereocenters. The Balaban J connectivity index is 3.59. The molecule has 0 saturated carbocycles. The van der Waals surface area contributed by atoms with E-state index in [1.54, 1.807) is 0 Å². The fourth-order valence-corrected chi connectivity index (χ4v) is 2.13. The zero-order chi connectivity index (χ0) is 13.4. The molecule has 1 aromatic rings. The Morgan fingerprint density at radius 2 is 1.71 bits per heavy atom. The lowest BCUT2D eigenvalue weighted by atomic mass is 10.3. The lowest BCUT2D eigenvalue weighted by Gasteiger charge is -2.09. The zero-order valence-corrected chi connectivity index (χ0v) is 9.98. The summed E-state index contributed by atoms with van der Waals surface area (Å²) in [6, 6.07) is 1.10. The molecule has 0 aliphatic rings. The second kappa shape index (κ2) is 4.20. The van der Waals surface area contributed by atoms with Crippen molar-refractivity contribution in [1.82, 2.24) is 0 Å². The normalized spacial score (nSPS) is 12.5. The highest BCUT2D eigenvalue weighted by Crippen LogP contribution is 2.29. The SMILES string of the molecule is CS(=O)(=O)Oc1c(S(N)(=O)=O)ccc(F)c1F. The van der Waals surface area contributed by atoms with Crippen LogP contribution in [0.25, 0.3) is 0 Å². The Labute approximate surface area is 96.2 Å². The fraction of sp³-hybridized carbons (Fsp3) is 0.143. The molecular weight excluding hydrogens is 280 g/mol. The topological polar surface area (TPSA) is 104 Å². The first kappa shape index (κ1) is 13.8. The summed E-state index contributed by atoms with van der Waals surface area (Å²) in [5.74, 6) is -4.49. The minimum Gasteiger partial charge on any atom is -0.378 e. The number of benzene rings is 1. The van der Waals surface area contributed by atoms with Gasteiger partial charge in [-0.2, -0.15) is 12.8 Å². The van der Waals surface area contributed by atoms with Crippen molar-refractivity contribution in [2.24, 2.45) is 5.14 Å². The van der Waals surface area contributed by atoms with Crippen LogP contribution in [0, 0.1) is 11.6 Å². The predicted octanol–water partition coefficient (Wildman–Crippen LogP) is -0.0494. The van der Waals surface area contributed by atoms with Crippen LogP contribution in [0.2, 0.25) is 0 Å². The molecule has 0 fully saturated rings. The highest BCUT2D eigenvalue weighted by molar-refractivity contribution is 7.89. The van der Waals surface area contributed by atoms with Gasteiger partial charge in [-0.15, -0.1) is 0 Å². The first-order chi connectivity index (χ1) is 7.52. The summed E-state index contributed by atoms with van der Waals surface area (Å²) >= 11 is 0. The van der Waals surface area contributed by atoms with Crippen molar-refractivity contribution in [1.29, 1.82) is 0 Å². The van der Waals surface area contributed by atoms with Gasteiger partial charge in [0.05, 0.1) is 6.26 Å². The van der Waals surface area contributed by atoms with Crippen molar-refractivity contribution in [3.63, 3.8) is 0 Å². The molecule has 96 valence electrons. The number of hydrogen-bond donors (Lipinski definition) is 1. The Morgan fingerprint density at radius 3 is 2.12 bits per heavy atom. The molecule has 6 nitrogen and oxygen atoms in total. The maximum absolute atomic E-state index is 13.2. The summed E-state index contributed by atoms with van der Waals surface area (Å²) in [4.78, 5) is -0.957. The van der Waals surface area contributed by atoms with E-state index in [-0.39, 0.29) is 0 Å². The van der Waals surface area contributed by atoms with Crippen molar-refractivity contribution in [3.05, 3.63) is 23.8 Å². The monoisotopic (exact) mass is 287 g/mol. The van der Waals surface area contributed by atoms with Crippen LogP contribution in [0.3, 0.4) is 0 Å². The molecule has 0 saturated heterocycles. The highest BCUT2D eigenvalue weighted by atomic mass is 32.2. The summed E-state index contributed by atoms with van der Waals surface area (Å²) < 4.78 is 73.8. The van der Waals surface area contributed by atoms with E-state index in [1.807, 2.05) is 0 Å². The minimum absolute atomic E-state index is 0.490. The van der Waals surface area contributed by atoms with Gasteiger partial charge in [0.15, 0.2) is 5.82 Å². The Hall–Kier alpha value is -1.26. The van der Waals surface area contributed by atoms with E-state index < -0.39 is 42.4 Å². The van der Waals surface area contributed by atoms with E-state index in [0.717, 1.165) is 0 Å². The van der Waals surface area contributed by atoms with Gasteiger partial charge in [-0.05, 0) is 12.1 Å². The van der Waals surface area contributed by atoms with Crippen LogP contribution in [-0.2, 0) is 20.1 Å². The fourth-order valence-electron chi connectivity index (χ4n) is 0.967. The first-order valence-electron chi connectivity index (χ1n) is 3.92. The molecule has 0 aliphatic heterocycles. The summed E-state index contributed by atoms with van der Waals surface area (Å²) in [6.45, 7) is 0. The summed E-state index contributed by atoms with van der Waals surface area (Å²) in [6.07, 6.45) is 0.546. The number of nitrogens with two attached hydrogens (primary N) is 1. The minimum atomic E-state index is -4.44. The van der Waals surface area contributed by atoms with E-state index >= 15 is 0 Å². The lowest BCUT2D eigenvalue weighted by Crippen LogP contribution is -2.17. The van der Waals surface area contributed by atoms with Crippen molar-refractivity contribution in [3.8, 4) is 5.75 Å².